The number of nitrogens with zero attached hydrogens (tertiary/aromatic N) is 3. The zero-order valence-corrected chi connectivity index (χ0v) is 20.6. The number of amides is 2. The molecule has 1 fully saturated rings. The summed E-state index contributed by atoms with van der Waals surface area (Å²) in [6.45, 7) is 4.54. The third-order valence-corrected chi connectivity index (χ3v) is 7.31. The van der Waals surface area contributed by atoms with Crippen LogP contribution in [0.4, 0.5) is 5.69 Å². The molecule has 1 aliphatic heterocycles. The van der Waals surface area contributed by atoms with Gasteiger partial charge in [-0.05, 0) is 53.3 Å². The van der Waals surface area contributed by atoms with Crippen LogP contribution in [0.2, 0.25) is 0 Å². The van der Waals surface area contributed by atoms with E-state index in [1.54, 1.807) is 4.90 Å². The molecule has 0 atom stereocenters. The van der Waals surface area contributed by atoms with E-state index in [9.17, 15) is 9.59 Å². The van der Waals surface area contributed by atoms with Crippen molar-refractivity contribution in [2.45, 2.75) is 13.5 Å². The van der Waals surface area contributed by atoms with Gasteiger partial charge in [0.15, 0.2) is 0 Å². The van der Waals surface area contributed by atoms with Crippen molar-refractivity contribution in [1.29, 1.82) is 0 Å². The maximum atomic E-state index is 13.0. The van der Waals surface area contributed by atoms with E-state index in [-0.39, 0.29) is 11.8 Å². The molecule has 7 nitrogen and oxygen atoms in total. The summed E-state index contributed by atoms with van der Waals surface area (Å²) in [5.74, 6) is 0.00743. The number of benzene rings is 2. The second-order valence-electron chi connectivity index (χ2n) is 8.82. The minimum absolute atomic E-state index is 0.121. The Kier molecular flexibility index (Phi) is 6.48. The van der Waals surface area contributed by atoms with E-state index in [1.807, 2.05) is 74.0 Å². The Morgan fingerprint density at radius 3 is 2.83 bits per heavy atom. The van der Waals surface area contributed by atoms with E-state index >= 15 is 0 Å². The standard InChI is InChI=1S/C27H27N5O2S/c1-18-11-14-35-26(18)27(34)28-24-15-19(16-32-13-12-31(2)25(33)17-32)7-8-20(24)9-10-23-21-5-3-4-6-22(21)29-30-23/h3-11,14-15H,12-13,16-17H2,1-2H3,(H,28,34)(H,29,30)/b10-9+. The molecule has 1 saturated heterocycles. The van der Waals surface area contributed by atoms with E-state index in [2.05, 4.69) is 26.5 Å². The van der Waals surface area contributed by atoms with Gasteiger partial charge in [-0.3, -0.25) is 19.6 Å². The van der Waals surface area contributed by atoms with Crippen LogP contribution in [-0.2, 0) is 11.3 Å². The molecule has 0 unspecified atom stereocenters. The largest absolute Gasteiger partial charge is 0.343 e. The SMILES string of the molecule is Cc1ccsc1C(=O)Nc1cc(CN2CCN(C)C(=O)C2)ccc1/C=C/c1n[nH]c2ccccc12. The molecular weight excluding hydrogens is 458 g/mol. The first-order valence-electron chi connectivity index (χ1n) is 11.5. The zero-order chi connectivity index (χ0) is 24.4. The summed E-state index contributed by atoms with van der Waals surface area (Å²) >= 11 is 1.43. The monoisotopic (exact) mass is 485 g/mol. The van der Waals surface area contributed by atoms with Crippen LogP contribution in [0.5, 0.6) is 0 Å². The van der Waals surface area contributed by atoms with Crippen molar-refractivity contribution in [2.75, 3.05) is 32.0 Å². The number of aromatic amines is 1. The lowest BCUT2D eigenvalue weighted by Crippen LogP contribution is -2.47. The lowest BCUT2D eigenvalue weighted by molar-refractivity contribution is -0.134. The smallest absolute Gasteiger partial charge is 0.266 e. The number of carbonyl (C=O) groups excluding carboxylic acids is 2. The van der Waals surface area contributed by atoms with Gasteiger partial charge in [0.1, 0.15) is 0 Å². The predicted octanol–water partition coefficient (Wildman–Crippen LogP) is 4.63. The normalized spacial score (nSPS) is 14.8. The van der Waals surface area contributed by atoms with Crippen LogP contribution in [0.15, 0.2) is 53.9 Å². The molecule has 178 valence electrons. The van der Waals surface area contributed by atoms with Gasteiger partial charge in [-0.15, -0.1) is 11.3 Å². The molecule has 2 amide bonds. The van der Waals surface area contributed by atoms with Gasteiger partial charge < -0.3 is 10.2 Å². The maximum absolute atomic E-state index is 13.0. The van der Waals surface area contributed by atoms with Crippen LogP contribution in [0.1, 0.15) is 32.1 Å². The zero-order valence-electron chi connectivity index (χ0n) is 19.7. The lowest BCUT2D eigenvalue weighted by atomic mass is 10.1. The summed E-state index contributed by atoms with van der Waals surface area (Å²) in [6.07, 6.45) is 3.93. The van der Waals surface area contributed by atoms with Gasteiger partial charge >= 0.3 is 0 Å². The Bertz CT molecular complexity index is 1420. The van der Waals surface area contributed by atoms with Crippen LogP contribution < -0.4 is 5.32 Å². The molecule has 8 heteroatoms. The summed E-state index contributed by atoms with van der Waals surface area (Å²) in [4.78, 5) is 29.8. The number of para-hydroxylation sites is 1. The fourth-order valence-electron chi connectivity index (χ4n) is 4.22. The fourth-order valence-corrected chi connectivity index (χ4v) is 5.04. The summed E-state index contributed by atoms with van der Waals surface area (Å²) in [6, 6.07) is 16.0. The molecule has 2 aromatic carbocycles. The highest BCUT2D eigenvalue weighted by molar-refractivity contribution is 7.12. The maximum Gasteiger partial charge on any atom is 0.266 e. The van der Waals surface area contributed by atoms with Gasteiger partial charge in [0, 0.05) is 37.8 Å². The van der Waals surface area contributed by atoms with Crippen molar-refractivity contribution in [1.82, 2.24) is 20.0 Å². The summed E-state index contributed by atoms with van der Waals surface area (Å²) < 4.78 is 0. The van der Waals surface area contributed by atoms with Crippen molar-refractivity contribution in [3.8, 4) is 0 Å². The Balaban J connectivity index is 1.43. The van der Waals surface area contributed by atoms with E-state index in [0.717, 1.165) is 52.1 Å². The predicted molar refractivity (Wildman–Crippen MR) is 141 cm³/mol. The Labute approximate surface area is 208 Å². The Morgan fingerprint density at radius 1 is 1.17 bits per heavy atom. The molecule has 35 heavy (non-hydrogen) atoms. The Morgan fingerprint density at radius 2 is 2.03 bits per heavy atom. The molecule has 0 aliphatic carbocycles. The number of fused-ring (bicyclic) bond motifs is 1. The molecule has 0 bridgehead atoms. The second kappa shape index (κ2) is 9.85. The number of aromatic nitrogens is 2. The molecule has 0 saturated carbocycles. The fraction of sp³-hybridized carbons (Fsp3) is 0.222. The number of piperazine rings is 1. The number of thiophene rings is 1. The first-order valence-corrected chi connectivity index (χ1v) is 12.4. The Hall–Kier alpha value is -3.75. The highest BCUT2D eigenvalue weighted by Crippen LogP contribution is 2.25. The number of aryl methyl sites for hydroxylation is 1. The van der Waals surface area contributed by atoms with E-state index in [0.29, 0.717) is 18.0 Å². The van der Waals surface area contributed by atoms with Crippen LogP contribution in [-0.4, -0.2) is 58.5 Å². The van der Waals surface area contributed by atoms with Gasteiger partial charge in [0.2, 0.25) is 5.91 Å². The highest BCUT2D eigenvalue weighted by atomic mass is 32.1. The number of hydrogen-bond acceptors (Lipinski definition) is 5. The topological polar surface area (TPSA) is 81.3 Å². The van der Waals surface area contributed by atoms with Crippen LogP contribution >= 0.6 is 11.3 Å². The van der Waals surface area contributed by atoms with Crippen molar-refractivity contribution >= 4 is 51.9 Å². The average Bonchev–Trinajstić information content (AvgIpc) is 3.47. The van der Waals surface area contributed by atoms with E-state index < -0.39 is 0 Å². The molecule has 4 aromatic rings. The molecule has 0 radical (unpaired) electrons. The number of carbonyl (C=O) groups is 2. The first kappa shape index (κ1) is 23.0. The number of nitrogens with one attached hydrogen (secondary N) is 2. The second-order valence-corrected chi connectivity index (χ2v) is 9.74. The summed E-state index contributed by atoms with van der Waals surface area (Å²) in [5.41, 5.74) is 5.44. The number of anilines is 1. The molecule has 5 rings (SSSR count). The first-order chi connectivity index (χ1) is 17.0. The average molecular weight is 486 g/mol. The van der Waals surface area contributed by atoms with Gasteiger partial charge in [0.05, 0.1) is 22.6 Å². The minimum Gasteiger partial charge on any atom is -0.343 e. The van der Waals surface area contributed by atoms with E-state index in [4.69, 9.17) is 0 Å². The van der Waals surface area contributed by atoms with Gasteiger partial charge in [0.25, 0.3) is 5.91 Å². The molecule has 2 N–H and O–H groups in total. The van der Waals surface area contributed by atoms with Gasteiger partial charge in [-0.2, -0.15) is 5.10 Å². The van der Waals surface area contributed by atoms with Crippen LogP contribution in [0.25, 0.3) is 23.1 Å². The molecular formula is C27H27N5O2S. The number of hydrogen-bond donors (Lipinski definition) is 2. The van der Waals surface area contributed by atoms with Gasteiger partial charge in [-0.1, -0.05) is 36.4 Å². The molecule has 2 aromatic heterocycles. The summed E-state index contributed by atoms with van der Waals surface area (Å²) in [5, 5.41) is 13.6. The lowest BCUT2D eigenvalue weighted by Gasteiger charge is -2.32. The van der Waals surface area contributed by atoms with Crippen LogP contribution in [0, 0.1) is 6.92 Å². The minimum atomic E-state index is -0.121. The quantitative estimate of drug-likeness (QED) is 0.417. The van der Waals surface area contributed by atoms with Crippen LogP contribution in [0.3, 0.4) is 0 Å². The molecule has 3 heterocycles. The van der Waals surface area contributed by atoms with E-state index in [1.165, 1.54) is 11.3 Å². The third kappa shape index (κ3) is 5.03. The van der Waals surface area contributed by atoms with Crippen molar-refractivity contribution in [2.24, 2.45) is 0 Å². The number of H-pyrrole nitrogens is 1. The van der Waals surface area contributed by atoms with Crippen molar-refractivity contribution in [3.63, 3.8) is 0 Å². The number of rotatable bonds is 6. The number of likely N-dealkylation sites (N-methyl/N-ethyl adjacent to an activating group) is 1. The van der Waals surface area contributed by atoms with Crippen molar-refractivity contribution in [3.05, 3.63) is 81.2 Å². The molecule has 1 aliphatic rings. The third-order valence-electron chi connectivity index (χ3n) is 6.30. The van der Waals surface area contributed by atoms with Crippen molar-refractivity contribution < 1.29 is 9.59 Å². The highest BCUT2D eigenvalue weighted by Gasteiger charge is 2.21. The molecule has 0 spiro atoms. The summed E-state index contributed by atoms with van der Waals surface area (Å²) in [7, 11) is 1.84. The van der Waals surface area contributed by atoms with Gasteiger partial charge in [-0.25, -0.2) is 0 Å².